The second-order valence-corrected chi connectivity index (χ2v) is 4.78. The molecule has 3 nitrogen and oxygen atoms in total. The van der Waals surface area contributed by atoms with Gasteiger partial charge in [0.1, 0.15) is 5.75 Å². The third kappa shape index (κ3) is 1.51. The summed E-state index contributed by atoms with van der Waals surface area (Å²) in [5.74, 6) is 0.424. The van der Waals surface area contributed by atoms with Crippen LogP contribution in [-0.2, 0) is 17.6 Å². The second-order valence-electron chi connectivity index (χ2n) is 4.78. The van der Waals surface area contributed by atoms with Crippen molar-refractivity contribution in [3.8, 4) is 5.75 Å². The van der Waals surface area contributed by atoms with Gasteiger partial charge < -0.3 is 9.84 Å². The Labute approximate surface area is 95.6 Å². The summed E-state index contributed by atoms with van der Waals surface area (Å²) in [5, 5.41) is 9.84. The van der Waals surface area contributed by atoms with Crippen molar-refractivity contribution in [2.24, 2.45) is 0 Å². The molecule has 1 heterocycles. The Hall–Kier alpha value is -1.06. The molecular weight excluding hydrogens is 202 g/mol. The van der Waals surface area contributed by atoms with Gasteiger partial charge in [0.2, 0.25) is 0 Å². The van der Waals surface area contributed by atoms with Gasteiger partial charge in [0.05, 0.1) is 12.7 Å². The molecule has 1 aliphatic heterocycles. The van der Waals surface area contributed by atoms with E-state index in [4.69, 9.17) is 4.74 Å². The van der Waals surface area contributed by atoms with E-state index >= 15 is 0 Å². The smallest absolute Gasteiger partial charge is 0.119 e. The third-order valence-electron chi connectivity index (χ3n) is 3.85. The van der Waals surface area contributed by atoms with E-state index in [2.05, 4.69) is 18.0 Å². The Morgan fingerprint density at radius 2 is 2.25 bits per heavy atom. The Bertz CT molecular complexity index is 405. The fraction of sp³-hybridized carbons (Fsp3) is 0.538. The highest BCUT2D eigenvalue weighted by atomic mass is 16.5. The van der Waals surface area contributed by atoms with Crippen LogP contribution in [-0.4, -0.2) is 42.4 Å². The van der Waals surface area contributed by atoms with Crippen LogP contribution in [0.1, 0.15) is 11.1 Å². The lowest BCUT2D eigenvalue weighted by Gasteiger charge is -2.42. The summed E-state index contributed by atoms with van der Waals surface area (Å²) < 4.78 is 5.81. The highest BCUT2D eigenvalue weighted by molar-refractivity contribution is 5.42. The minimum absolute atomic E-state index is 0.250. The zero-order valence-corrected chi connectivity index (χ0v) is 9.52. The average molecular weight is 219 g/mol. The van der Waals surface area contributed by atoms with Crippen molar-refractivity contribution >= 4 is 0 Å². The van der Waals surface area contributed by atoms with Crippen molar-refractivity contribution in [1.29, 1.82) is 0 Å². The molecule has 2 atom stereocenters. The van der Waals surface area contributed by atoms with Crippen molar-refractivity contribution in [2.75, 3.05) is 20.2 Å². The predicted octanol–water partition coefficient (Wildman–Crippen LogP) is 1.19. The summed E-state index contributed by atoms with van der Waals surface area (Å²) in [5.41, 5.74) is 2.36. The van der Waals surface area contributed by atoms with Crippen LogP contribution in [0.25, 0.3) is 0 Å². The van der Waals surface area contributed by atoms with Gasteiger partial charge in [-0.2, -0.15) is 0 Å². The second kappa shape index (κ2) is 3.75. The van der Waals surface area contributed by atoms with Crippen LogP contribution >= 0.6 is 0 Å². The van der Waals surface area contributed by atoms with Gasteiger partial charge in [-0.25, -0.2) is 0 Å². The average Bonchev–Trinajstić information content (AvgIpc) is 2.29. The highest BCUT2D eigenvalue weighted by Gasteiger charge is 2.35. The first-order valence-electron chi connectivity index (χ1n) is 5.87. The molecular formula is C13H17NO2. The number of hydrogen-bond acceptors (Lipinski definition) is 3. The van der Waals surface area contributed by atoms with Gasteiger partial charge in [-0.05, 0) is 30.7 Å². The number of nitrogens with zero attached hydrogens (tertiary/aromatic N) is 1. The van der Waals surface area contributed by atoms with E-state index < -0.39 is 0 Å². The van der Waals surface area contributed by atoms with Gasteiger partial charge in [-0.3, -0.25) is 4.90 Å². The quantitative estimate of drug-likeness (QED) is 0.711. The van der Waals surface area contributed by atoms with Gasteiger partial charge in [0, 0.05) is 19.0 Å². The molecule has 1 aliphatic carbocycles. The molecule has 2 aliphatic rings. The van der Waals surface area contributed by atoms with Gasteiger partial charge in [-0.15, -0.1) is 0 Å². The summed E-state index contributed by atoms with van der Waals surface area (Å²) in [7, 11) is 2.16. The summed E-state index contributed by atoms with van der Waals surface area (Å²) in [6, 6.07) is 6.29. The van der Waals surface area contributed by atoms with E-state index in [1.807, 2.05) is 6.07 Å². The van der Waals surface area contributed by atoms with E-state index in [0.717, 1.165) is 31.6 Å². The molecule has 1 unspecified atom stereocenters. The number of aromatic hydroxyl groups is 1. The number of hydrogen-bond donors (Lipinski definition) is 1. The molecule has 0 radical (unpaired) electrons. The lowest BCUT2D eigenvalue weighted by molar-refractivity contribution is -0.0646. The number of morpholine rings is 1. The molecule has 0 saturated carbocycles. The number of phenols is 1. The summed E-state index contributed by atoms with van der Waals surface area (Å²) in [6.45, 7) is 1.82. The number of likely N-dealkylation sites (N-methyl/N-ethyl adjacent to an activating group) is 1. The normalized spacial score (nSPS) is 29.6. The summed E-state index contributed by atoms with van der Waals surface area (Å²) in [6.07, 6.45) is 2.08. The Kier molecular flexibility index (Phi) is 2.37. The van der Waals surface area contributed by atoms with Gasteiger partial charge in [0.25, 0.3) is 0 Å². The zero-order chi connectivity index (χ0) is 11.1. The molecule has 3 heteroatoms. The zero-order valence-electron chi connectivity index (χ0n) is 9.52. The number of fused-ring (bicyclic) bond motifs is 2. The fourth-order valence-corrected chi connectivity index (χ4v) is 2.87. The molecule has 0 aromatic heterocycles. The first kappa shape index (κ1) is 10.1. The topological polar surface area (TPSA) is 32.7 Å². The Morgan fingerprint density at radius 3 is 3.12 bits per heavy atom. The minimum atomic E-state index is 0.250. The lowest BCUT2D eigenvalue weighted by Crippen LogP contribution is -2.53. The first-order chi connectivity index (χ1) is 7.75. The highest BCUT2D eigenvalue weighted by Crippen LogP contribution is 2.32. The van der Waals surface area contributed by atoms with Crippen LogP contribution in [0.3, 0.4) is 0 Å². The van der Waals surface area contributed by atoms with Gasteiger partial charge in [0.15, 0.2) is 0 Å². The predicted molar refractivity (Wildman–Crippen MR) is 61.7 cm³/mol. The van der Waals surface area contributed by atoms with E-state index in [1.165, 1.54) is 5.56 Å². The molecule has 16 heavy (non-hydrogen) atoms. The maximum Gasteiger partial charge on any atom is 0.119 e. The number of rotatable bonds is 0. The van der Waals surface area contributed by atoms with Crippen LogP contribution in [0.2, 0.25) is 0 Å². The molecule has 0 bridgehead atoms. The van der Waals surface area contributed by atoms with Crippen molar-refractivity contribution in [2.45, 2.75) is 25.0 Å². The van der Waals surface area contributed by atoms with Gasteiger partial charge >= 0.3 is 0 Å². The standard InChI is InChI=1S/C13H17NO2/c1-14-5-6-16-13-8-10-9(7-11(13)14)3-2-4-12(10)15/h2-4,11,13,15H,5-8H2,1H3/t11?,13-/m0/s1. The molecule has 0 spiro atoms. The SMILES string of the molecule is CN1CCO[C@H]2Cc3c(O)cccc3CC21. The minimum Gasteiger partial charge on any atom is -0.508 e. The lowest BCUT2D eigenvalue weighted by atomic mass is 9.84. The molecule has 0 amide bonds. The van der Waals surface area contributed by atoms with Crippen LogP contribution < -0.4 is 0 Å². The van der Waals surface area contributed by atoms with Crippen LogP contribution in [0, 0.1) is 0 Å². The first-order valence-corrected chi connectivity index (χ1v) is 5.87. The maximum atomic E-state index is 9.84. The van der Waals surface area contributed by atoms with Crippen molar-refractivity contribution < 1.29 is 9.84 Å². The fourth-order valence-electron chi connectivity index (χ4n) is 2.87. The third-order valence-corrected chi connectivity index (χ3v) is 3.85. The number of phenolic OH excluding ortho intramolecular Hbond substituents is 1. The molecule has 3 rings (SSSR count). The van der Waals surface area contributed by atoms with Crippen molar-refractivity contribution in [1.82, 2.24) is 4.90 Å². The van der Waals surface area contributed by atoms with E-state index in [9.17, 15) is 5.11 Å². The molecule has 1 N–H and O–H groups in total. The largest absolute Gasteiger partial charge is 0.508 e. The monoisotopic (exact) mass is 219 g/mol. The number of ether oxygens (including phenoxy) is 1. The van der Waals surface area contributed by atoms with E-state index in [-0.39, 0.29) is 6.10 Å². The summed E-state index contributed by atoms with van der Waals surface area (Å²) >= 11 is 0. The molecule has 86 valence electrons. The Balaban J connectivity index is 1.96. The van der Waals surface area contributed by atoms with E-state index in [0.29, 0.717) is 11.8 Å². The molecule has 1 saturated heterocycles. The molecule has 1 aromatic carbocycles. The Morgan fingerprint density at radius 1 is 1.38 bits per heavy atom. The summed E-state index contributed by atoms with van der Waals surface area (Å²) in [4.78, 5) is 2.38. The molecule has 1 aromatic rings. The maximum absolute atomic E-state index is 9.84. The van der Waals surface area contributed by atoms with Crippen molar-refractivity contribution in [3.05, 3.63) is 29.3 Å². The van der Waals surface area contributed by atoms with E-state index in [1.54, 1.807) is 6.07 Å². The number of benzene rings is 1. The molecule has 1 fully saturated rings. The van der Waals surface area contributed by atoms with Crippen molar-refractivity contribution in [3.63, 3.8) is 0 Å². The van der Waals surface area contributed by atoms with Gasteiger partial charge in [-0.1, -0.05) is 12.1 Å². The van der Waals surface area contributed by atoms with Crippen LogP contribution in [0.15, 0.2) is 18.2 Å². The van der Waals surface area contributed by atoms with Crippen LogP contribution in [0.4, 0.5) is 0 Å². The van der Waals surface area contributed by atoms with Crippen LogP contribution in [0.5, 0.6) is 5.75 Å².